The second-order valence-electron chi connectivity index (χ2n) is 2.60. The van der Waals surface area contributed by atoms with Crippen LogP contribution < -0.4 is 0 Å². The summed E-state index contributed by atoms with van der Waals surface area (Å²) in [7, 11) is 0. The lowest BCUT2D eigenvalue weighted by Gasteiger charge is -2.04. The molecule has 1 aliphatic carbocycles. The lowest BCUT2D eigenvalue weighted by molar-refractivity contribution is 1.38. The molecule has 66 valence electrons. The lowest BCUT2D eigenvalue weighted by atomic mass is 10.0. The maximum Gasteiger partial charge on any atom is 0.0698 e. The lowest BCUT2D eigenvalue weighted by Crippen LogP contribution is -1.98. The van der Waals surface area contributed by atoms with Crippen molar-refractivity contribution in [3.05, 3.63) is 61.4 Å². The van der Waals surface area contributed by atoms with Gasteiger partial charge in [0.25, 0.3) is 0 Å². The van der Waals surface area contributed by atoms with E-state index in [9.17, 15) is 0 Å². The zero-order chi connectivity index (χ0) is 9.52. The van der Waals surface area contributed by atoms with Gasteiger partial charge in [-0.3, -0.25) is 4.99 Å². The summed E-state index contributed by atoms with van der Waals surface area (Å²) in [4.78, 5) is 4.16. The molecular formula is C12H13N. The minimum Gasteiger partial charge on any atom is -0.257 e. The van der Waals surface area contributed by atoms with Gasteiger partial charge in [-0.25, -0.2) is 0 Å². The quantitative estimate of drug-likeness (QED) is 0.578. The average molecular weight is 171 g/mol. The van der Waals surface area contributed by atoms with Gasteiger partial charge < -0.3 is 0 Å². The van der Waals surface area contributed by atoms with Crippen LogP contribution in [-0.2, 0) is 0 Å². The Balaban J connectivity index is 2.88. The van der Waals surface area contributed by atoms with E-state index in [1.807, 2.05) is 30.4 Å². The van der Waals surface area contributed by atoms with Crippen LogP contribution >= 0.6 is 0 Å². The molecule has 0 atom stereocenters. The maximum absolute atomic E-state index is 4.16. The SMILES string of the molecule is C=CC/C=C1/C=CC=CC1=NC=C. The van der Waals surface area contributed by atoms with Crippen LogP contribution in [0.25, 0.3) is 0 Å². The predicted octanol–water partition coefficient (Wildman–Crippen LogP) is 3.20. The van der Waals surface area contributed by atoms with E-state index in [-0.39, 0.29) is 0 Å². The molecule has 0 aromatic rings. The molecule has 0 spiro atoms. The van der Waals surface area contributed by atoms with Crippen molar-refractivity contribution in [3.8, 4) is 0 Å². The van der Waals surface area contributed by atoms with Crippen molar-refractivity contribution in [1.82, 2.24) is 0 Å². The molecule has 0 saturated carbocycles. The molecule has 1 heteroatoms. The van der Waals surface area contributed by atoms with Crippen LogP contribution in [0.15, 0.2) is 66.4 Å². The first-order valence-electron chi connectivity index (χ1n) is 4.23. The molecule has 1 rings (SSSR count). The molecule has 0 unspecified atom stereocenters. The van der Waals surface area contributed by atoms with Crippen LogP contribution in [0.3, 0.4) is 0 Å². The fourth-order valence-electron chi connectivity index (χ4n) is 1.09. The highest BCUT2D eigenvalue weighted by atomic mass is 14.7. The average Bonchev–Trinajstić information content (AvgIpc) is 2.17. The number of aliphatic imine (C=N–C) groups is 1. The molecule has 0 fully saturated rings. The second kappa shape index (κ2) is 5.09. The molecule has 0 amide bonds. The highest BCUT2D eigenvalue weighted by Crippen LogP contribution is 2.09. The zero-order valence-electron chi connectivity index (χ0n) is 7.61. The first kappa shape index (κ1) is 9.46. The topological polar surface area (TPSA) is 12.4 Å². The van der Waals surface area contributed by atoms with Gasteiger partial charge in [-0.15, -0.1) is 6.58 Å². The standard InChI is InChI=1S/C12H13N/c1-3-5-8-11-9-6-7-10-12(11)13-4-2/h3-4,6-10H,1-2,5H2/b11-8-,13-12?. The van der Waals surface area contributed by atoms with Gasteiger partial charge in [0.15, 0.2) is 0 Å². The predicted molar refractivity (Wildman–Crippen MR) is 58.8 cm³/mol. The van der Waals surface area contributed by atoms with Gasteiger partial charge in [-0.2, -0.15) is 0 Å². The van der Waals surface area contributed by atoms with Gasteiger partial charge in [0.1, 0.15) is 0 Å². The number of rotatable bonds is 3. The summed E-state index contributed by atoms with van der Waals surface area (Å²) in [5.41, 5.74) is 2.08. The van der Waals surface area contributed by atoms with Crippen molar-refractivity contribution in [3.63, 3.8) is 0 Å². The summed E-state index contributed by atoms with van der Waals surface area (Å²) < 4.78 is 0. The Kier molecular flexibility index (Phi) is 3.71. The third kappa shape index (κ3) is 2.71. The molecule has 0 saturated heterocycles. The van der Waals surface area contributed by atoms with Crippen LogP contribution in [0.5, 0.6) is 0 Å². The van der Waals surface area contributed by atoms with Gasteiger partial charge in [-0.05, 0) is 18.1 Å². The Bertz CT molecular complexity index is 314. The van der Waals surface area contributed by atoms with Crippen molar-refractivity contribution in [2.75, 3.05) is 0 Å². The molecule has 0 heterocycles. The second-order valence-corrected chi connectivity index (χ2v) is 2.60. The number of hydrogen-bond donors (Lipinski definition) is 0. The molecule has 0 bridgehead atoms. The Morgan fingerprint density at radius 1 is 1.23 bits per heavy atom. The van der Waals surface area contributed by atoms with Crippen LogP contribution in [0, 0.1) is 0 Å². The molecule has 1 nitrogen and oxygen atoms in total. The number of nitrogens with zero attached hydrogens (tertiary/aromatic N) is 1. The van der Waals surface area contributed by atoms with Crippen molar-refractivity contribution in [2.45, 2.75) is 6.42 Å². The maximum atomic E-state index is 4.16. The van der Waals surface area contributed by atoms with E-state index in [1.54, 1.807) is 6.20 Å². The van der Waals surface area contributed by atoms with Gasteiger partial charge in [0.2, 0.25) is 0 Å². The van der Waals surface area contributed by atoms with Crippen LogP contribution in [0.4, 0.5) is 0 Å². The summed E-state index contributed by atoms with van der Waals surface area (Å²) in [6.07, 6.45) is 14.3. The third-order valence-electron chi connectivity index (χ3n) is 1.67. The smallest absolute Gasteiger partial charge is 0.0698 e. The number of allylic oxidation sites excluding steroid dienone is 7. The van der Waals surface area contributed by atoms with Gasteiger partial charge in [0, 0.05) is 6.20 Å². The summed E-state index contributed by atoms with van der Waals surface area (Å²) in [6.45, 7) is 7.25. The fourth-order valence-corrected chi connectivity index (χ4v) is 1.09. The van der Waals surface area contributed by atoms with Gasteiger partial charge in [-0.1, -0.05) is 37.0 Å². The van der Waals surface area contributed by atoms with Crippen LogP contribution in [0.2, 0.25) is 0 Å². The van der Waals surface area contributed by atoms with E-state index in [2.05, 4.69) is 24.2 Å². The van der Waals surface area contributed by atoms with Crippen molar-refractivity contribution >= 4 is 5.71 Å². The minimum absolute atomic E-state index is 0.865. The minimum atomic E-state index is 0.865. The molecule has 0 aromatic carbocycles. The first-order valence-corrected chi connectivity index (χ1v) is 4.23. The molecule has 0 N–H and O–H groups in total. The van der Waals surface area contributed by atoms with E-state index in [4.69, 9.17) is 0 Å². The largest absolute Gasteiger partial charge is 0.257 e. The first-order chi connectivity index (χ1) is 6.38. The summed E-state index contributed by atoms with van der Waals surface area (Å²) in [6, 6.07) is 0. The monoisotopic (exact) mass is 171 g/mol. The van der Waals surface area contributed by atoms with E-state index in [0.29, 0.717) is 0 Å². The van der Waals surface area contributed by atoms with Crippen molar-refractivity contribution in [2.24, 2.45) is 4.99 Å². The fraction of sp³-hybridized carbons (Fsp3) is 0.0833. The van der Waals surface area contributed by atoms with Gasteiger partial charge in [0.05, 0.1) is 5.71 Å². The van der Waals surface area contributed by atoms with Gasteiger partial charge >= 0.3 is 0 Å². The highest BCUT2D eigenvalue weighted by Gasteiger charge is 2.00. The molecule has 0 aromatic heterocycles. The number of hydrogen-bond acceptors (Lipinski definition) is 1. The molecule has 0 aliphatic heterocycles. The van der Waals surface area contributed by atoms with Crippen LogP contribution in [0.1, 0.15) is 6.42 Å². The van der Waals surface area contributed by atoms with E-state index in [0.717, 1.165) is 17.7 Å². The molecular weight excluding hydrogens is 158 g/mol. The summed E-state index contributed by atoms with van der Waals surface area (Å²) >= 11 is 0. The Labute approximate surface area is 79.2 Å². The Morgan fingerprint density at radius 2 is 2.00 bits per heavy atom. The Morgan fingerprint density at radius 3 is 2.69 bits per heavy atom. The normalized spacial score (nSPS) is 20.9. The van der Waals surface area contributed by atoms with Crippen molar-refractivity contribution in [1.29, 1.82) is 0 Å². The zero-order valence-corrected chi connectivity index (χ0v) is 7.61. The Hall–Kier alpha value is -1.63. The van der Waals surface area contributed by atoms with E-state index < -0.39 is 0 Å². The third-order valence-corrected chi connectivity index (χ3v) is 1.67. The van der Waals surface area contributed by atoms with Crippen molar-refractivity contribution < 1.29 is 0 Å². The summed E-state index contributed by atoms with van der Waals surface area (Å²) in [5, 5.41) is 0. The molecule has 1 aliphatic rings. The van der Waals surface area contributed by atoms with Crippen LogP contribution in [-0.4, -0.2) is 5.71 Å². The van der Waals surface area contributed by atoms with E-state index >= 15 is 0 Å². The molecule has 13 heavy (non-hydrogen) atoms. The summed E-state index contributed by atoms with van der Waals surface area (Å²) in [5.74, 6) is 0. The molecule has 0 radical (unpaired) electrons. The highest BCUT2D eigenvalue weighted by molar-refractivity contribution is 6.11. The van der Waals surface area contributed by atoms with E-state index in [1.165, 1.54) is 0 Å².